The molecule has 0 aliphatic heterocycles. The van der Waals surface area contributed by atoms with Crippen molar-refractivity contribution in [1.29, 1.82) is 0 Å². The number of aromatic nitrogens is 1. The van der Waals surface area contributed by atoms with E-state index >= 15 is 0 Å². The van der Waals surface area contributed by atoms with Crippen LogP contribution in [-0.4, -0.2) is 22.0 Å². The maximum Gasteiger partial charge on any atom is 0.238 e. The van der Waals surface area contributed by atoms with E-state index in [1.165, 1.54) is 23.1 Å². The van der Waals surface area contributed by atoms with Crippen molar-refractivity contribution in [3.05, 3.63) is 39.9 Å². The number of thiazole rings is 1. The van der Waals surface area contributed by atoms with E-state index in [2.05, 4.69) is 10.3 Å². The number of anilines is 1. The summed E-state index contributed by atoms with van der Waals surface area (Å²) in [7, 11) is 0. The average Bonchev–Trinajstić information content (AvgIpc) is 2.86. The normalized spacial score (nSPS) is 12.2. The van der Waals surface area contributed by atoms with Crippen molar-refractivity contribution in [1.82, 2.24) is 4.98 Å². The van der Waals surface area contributed by atoms with Crippen LogP contribution < -0.4 is 11.1 Å². The van der Waals surface area contributed by atoms with Gasteiger partial charge in [0.2, 0.25) is 11.8 Å². The first-order chi connectivity index (χ1) is 11.8. The zero-order valence-corrected chi connectivity index (χ0v) is 16.6. The third-order valence-corrected chi connectivity index (χ3v) is 6.56. The number of rotatable bonds is 7. The van der Waals surface area contributed by atoms with E-state index in [9.17, 15) is 9.59 Å². The topological polar surface area (TPSA) is 85.1 Å². The Hall–Kier alpha value is -1.57. The number of aryl methyl sites for hydroxylation is 1. The zero-order valence-electron chi connectivity index (χ0n) is 14.2. The van der Waals surface area contributed by atoms with Crippen molar-refractivity contribution < 1.29 is 9.59 Å². The van der Waals surface area contributed by atoms with Gasteiger partial charge < -0.3 is 11.1 Å². The van der Waals surface area contributed by atoms with Crippen molar-refractivity contribution in [3.8, 4) is 0 Å². The lowest BCUT2D eigenvalue weighted by atomic mass is 10.1. The number of carbonyl (C=O) groups is 2. The number of nitrogens with one attached hydrogen (secondary N) is 1. The maximum absolute atomic E-state index is 12.7. The molecule has 0 bridgehead atoms. The SMILES string of the molecule is Cc1nc(S[C@H](C(=O)Nc2ccccc2Cl)C(C)C)sc1CC(N)=O. The molecule has 5 nitrogen and oxygen atoms in total. The molecule has 0 unspecified atom stereocenters. The molecule has 0 spiro atoms. The molecule has 2 rings (SSSR count). The summed E-state index contributed by atoms with van der Waals surface area (Å²) in [6, 6.07) is 7.13. The van der Waals surface area contributed by atoms with Crippen molar-refractivity contribution >= 4 is 52.2 Å². The number of hydrogen-bond donors (Lipinski definition) is 2. The Bertz CT molecular complexity index is 777. The molecule has 1 aromatic carbocycles. The summed E-state index contributed by atoms with van der Waals surface area (Å²) in [5, 5.41) is 3.04. The summed E-state index contributed by atoms with van der Waals surface area (Å²) in [6.07, 6.45) is 0.169. The van der Waals surface area contributed by atoms with Gasteiger partial charge in [0.15, 0.2) is 4.34 Å². The number of thioether (sulfide) groups is 1. The Morgan fingerprint density at radius 1 is 1.36 bits per heavy atom. The van der Waals surface area contributed by atoms with Crippen molar-refractivity contribution in [2.45, 2.75) is 36.8 Å². The lowest BCUT2D eigenvalue weighted by Gasteiger charge is -2.19. The molecule has 2 aromatic rings. The summed E-state index contributed by atoms with van der Waals surface area (Å²) in [5.74, 6) is -0.422. The Morgan fingerprint density at radius 3 is 2.64 bits per heavy atom. The van der Waals surface area contributed by atoms with Crippen LogP contribution in [0.3, 0.4) is 0 Å². The molecule has 1 heterocycles. The molecule has 0 radical (unpaired) electrons. The molecule has 2 amide bonds. The van der Waals surface area contributed by atoms with Gasteiger partial charge >= 0.3 is 0 Å². The summed E-state index contributed by atoms with van der Waals surface area (Å²) >= 11 is 8.91. The zero-order chi connectivity index (χ0) is 18.6. The second-order valence-electron chi connectivity index (χ2n) is 5.88. The highest BCUT2D eigenvalue weighted by Crippen LogP contribution is 2.34. The number of primary amides is 1. The molecule has 134 valence electrons. The van der Waals surface area contributed by atoms with Gasteiger partial charge in [-0.05, 0) is 25.0 Å². The first kappa shape index (κ1) is 19.8. The summed E-state index contributed by atoms with van der Waals surface area (Å²) in [4.78, 5) is 29.1. The van der Waals surface area contributed by atoms with Gasteiger partial charge in [-0.2, -0.15) is 0 Å². The molecular weight excluding hydrogens is 378 g/mol. The number of hydrogen-bond acceptors (Lipinski definition) is 5. The molecule has 0 saturated heterocycles. The molecule has 0 aliphatic rings. The fourth-order valence-corrected chi connectivity index (χ4v) is 4.78. The van der Waals surface area contributed by atoms with Crippen molar-refractivity contribution in [2.24, 2.45) is 11.7 Å². The van der Waals surface area contributed by atoms with Gasteiger partial charge in [-0.15, -0.1) is 11.3 Å². The Kier molecular flexibility index (Phi) is 6.87. The predicted octanol–water partition coefficient (Wildman–Crippen LogP) is 3.89. The van der Waals surface area contributed by atoms with Gasteiger partial charge in [0.25, 0.3) is 0 Å². The fourth-order valence-electron chi connectivity index (χ4n) is 2.14. The Morgan fingerprint density at radius 2 is 2.04 bits per heavy atom. The van der Waals surface area contributed by atoms with Crippen LogP contribution in [0.1, 0.15) is 24.4 Å². The lowest BCUT2D eigenvalue weighted by molar-refractivity contribution is -0.117. The number of halogens is 1. The van der Waals surface area contributed by atoms with Gasteiger partial charge in [0.1, 0.15) is 0 Å². The first-order valence-electron chi connectivity index (χ1n) is 7.74. The van der Waals surface area contributed by atoms with Crippen LogP contribution in [0.5, 0.6) is 0 Å². The average molecular weight is 398 g/mol. The van der Waals surface area contributed by atoms with Crippen molar-refractivity contribution in [3.63, 3.8) is 0 Å². The molecule has 25 heavy (non-hydrogen) atoms. The number of amides is 2. The number of carbonyl (C=O) groups excluding carboxylic acids is 2. The molecule has 0 saturated carbocycles. The van der Waals surface area contributed by atoms with Gasteiger partial charge in [0.05, 0.1) is 28.1 Å². The second kappa shape index (κ2) is 8.69. The summed E-state index contributed by atoms with van der Waals surface area (Å²) in [6.45, 7) is 5.80. The van der Waals surface area contributed by atoms with Gasteiger partial charge in [-0.1, -0.05) is 49.3 Å². The van der Waals surface area contributed by atoms with Gasteiger partial charge in [-0.3, -0.25) is 9.59 Å². The van der Waals surface area contributed by atoms with Crippen LogP contribution in [0.2, 0.25) is 5.02 Å². The maximum atomic E-state index is 12.7. The van der Waals surface area contributed by atoms with Crippen LogP contribution in [0, 0.1) is 12.8 Å². The van der Waals surface area contributed by atoms with E-state index in [-0.39, 0.29) is 29.4 Å². The number of para-hydroxylation sites is 1. The lowest BCUT2D eigenvalue weighted by Crippen LogP contribution is -2.29. The predicted molar refractivity (Wildman–Crippen MR) is 104 cm³/mol. The third kappa shape index (κ3) is 5.45. The van der Waals surface area contributed by atoms with Crippen LogP contribution in [0.25, 0.3) is 0 Å². The molecule has 3 N–H and O–H groups in total. The highest BCUT2D eigenvalue weighted by molar-refractivity contribution is 8.02. The van der Waals surface area contributed by atoms with Crippen LogP contribution >= 0.6 is 34.7 Å². The number of nitrogens with zero attached hydrogens (tertiary/aromatic N) is 1. The van der Waals surface area contributed by atoms with Gasteiger partial charge in [0, 0.05) is 4.88 Å². The standard InChI is InChI=1S/C17H20ClN3O2S2/c1-9(2)15(16(23)21-12-7-5-4-6-11(12)18)25-17-20-10(3)13(24-17)8-14(19)22/h4-7,9,15H,8H2,1-3H3,(H2,19,22)(H,21,23)/t15-/m0/s1. The minimum Gasteiger partial charge on any atom is -0.369 e. The smallest absolute Gasteiger partial charge is 0.238 e. The van der Waals surface area contributed by atoms with Crippen LogP contribution in [0.4, 0.5) is 5.69 Å². The first-order valence-corrected chi connectivity index (χ1v) is 9.82. The van der Waals surface area contributed by atoms with Crippen molar-refractivity contribution in [2.75, 3.05) is 5.32 Å². The highest BCUT2D eigenvalue weighted by atomic mass is 35.5. The van der Waals surface area contributed by atoms with E-state index in [0.717, 1.165) is 14.9 Å². The molecule has 0 aliphatic carbocycles. The summed E-state index contributed by atoms with van der Waals surface area (Å²) in [5.41, 5.74) is 6.62. The molecule has 1 aromatic heterocycles. The van der Waals surface area contributed by atoms with E-state index in [0.29, 0.717) is 10.7 Å². The number of benzene rings is 1. The largest absolute Gasteiger partial charge is 0.369 e. The minimum absolute atomic E-state index is 0.0938. The van der Waals surface area contributed by atoms with E-state index in [4.69, 9.17) is 17.3 Å². The van der Waals surface area contributed by atoms with Crippen LogP contribution in [0.15, 0.2) is 28.6 Å². The monoisotopic (exact) mass is 397 g/mol. The van der Waals surface area contributed by atoms with E-state index < -0.39 is 0 Å². The fraction of sp³-hybridized carbons (Fsp3) is 0.353. The Labute approximate surface area is 160 Å². The molecular formula is C17H20ClN3O2S2. The summed E-state index contributed by atoms with van der Waals surface area (Å²) < 4.78 is 0.752. The number of nitrogens with two attached hydrogens (primary N) is 1. The van der Waals surface area contributed by atoms with E-state index in [1.54, 1.807) is 12.1 Å². The van der Waals surface area contributed by atoms with Crippen LogP contribution in [-0.2, 0) is 16.0 Å². The van der Waals surface area contributed by atoms with Gasteiger partial charge in [-0.25, -0.2) is 4.98 Å². The minimum atomic E-state index is -0.389. The molecule has 8 heteroatoms. The highest BCUT2D eigenvalue weighted by Gasteiger charge is 2.26. The molecule has 0 fully saturated rings. The quantitative estimate of drug-likeness (QED) is 0.694. The Balaban J connectivity index is 2.14. The second-order valence-corrected chi connectivity index (χ2v) is 8.76. The van der Waals surface area contributed by atoms with E-state index in [1.807, 2.05) is 32.9 Å². The molecule has 1 atom stereocenters. The third-order valence-electron chi connectivity index (χ3n) is 3.43.